The minimum absolute atomic E-state index is 0.00381. The number of rotatable bonds is 14. The highest BCUT2D eigenvalue weighted by atomic mass is 19.1. The molecule has 9 heteroatoms. The molecule has 2 fully saturated rings. The quantitative estimate of drug-likeness (QED) is 0.187. The predicted molar refractivity (Wildman–Crippen MR) is 158 cm³/mol. The summed E-state index contributed by atoms with van der Waals surface area (Å²) in [5, 5.41) is 21.3. The number of benzene rings is 3. The first-order valence-corrected chi connectivity index (χ1v) is 14.8. The molecule has 8 nitrogen and oxygen atoms in total. The van der Waals surface area contributed by atoms with Crippen LogP contribution in [0.4, 0.5) is 4.39 Å². The van der Waals surface area contributed by atoms with Gasteiger partial charge in [-0.25, -0.2) is 4.39 Å². The van der Waals surface area contributed by atoms with Gasteiger partial charge < -0.3 is 25.0 Å². The summed E-state index contributed by atoms with van der Waals surface area (Å²) in [6, 6.07) is 17.4. The molecule has 2 aliphatic carbocycles. The Kier molecular flexibility index (Phi) is 9.59. The zero-order valence-corrected chi connectivity index (χ0v) is 23.9. The van der Waals surface area contributed by atoms with Crippen molar-refractivity contribution in [1.82, 2.24) is 5.32 Å². The van der Waals surface area contributed by atoms with Crippen LogP contribution >= 0.6 is 0 Å². The van der Waals surface area contributed by atoms with Crippen LogP contribution < -0.4 is 14.8 Å². The van der Waals surface area contributed by atoms with Gasteiger partial charge in [-0.15, -0.1) is 0 Å². The second-order valence-corrected chi connectivity index (χ2v) is 11.3. The van der Waals surface area contributed by atoms with Crippen molar-refractivity contribution in [2.24, 2.45) is 0 Å². The van der Waals surface area contributed by atoms with Gasteiger partial charge in [0.2, 0.25) is 0 Å². The van der Waals surface area contributed by atoms with E-state index in [2.05, 4.69) is 5.32 Å². The average Bonchev–Trinajstić information content (AvgIpc) is 2.93. The van der Waals surface area contributed by atoms with Gasteiger partial charge in [0.25, 0.3) is 5.91 Å². The summed E-state index contributed by atoms with van der Waals surface area (Å²) in [7, 11) is 0. The Labute approximate surface area is 249 Å². The molecule has 43 heavy (non-hydrogen) atoms. The standard InChI is InChI=1S/C34H36FNO7/c35-25-6-1-5-21(16-25)22-15-24(34(41)36-26-7-2-8-26)20-27(17-22)43-28-18-23(19-28)29-9-3-10-31(30(29)12-13-33(39)40)42-14-4-11-32(37)38/h1,3,5-6,9-10,15-17,20,23,26,28H,2,4,7-8,11-14,18-19H2,(H,36,41)(H,37,38)(H,39,40). The summed E-state index contributed by atoms with van der Waals surface area (Å²) < 4.78 is 26.3. The van der Waals surface area contributed by atoms with Crippen LogP contribution in [0.15, 0.2) is 60.7 Å². The maximum absolute atomic E-state index is 14.0. The van der Waals surface area contributed by atoms with Gasteiger partial charge >= 0.3 is 11.9 Å². The molecule has 226 valence electrons. The van der Waals surface area contributed by atoms with Gasteiger partial charge in [0.15, 0.2) is 0 Å². The topological polar surface area (TPSA) is 122 Å². The summed E-state index contributed by atoms with van der Waals surface area (Å²) in [6.07, 6.45) is 4.89. The van der Waals surface area contributed by atoms with E-state index < -0.39 is 11.9 Å². The fraction of sp³-hybridized carbons (Fsp3) is 0.382. The molecule has 0 aliphatic heterocycles. The largest absolute Gasteiger partial charge is 0.493 e. The van der Waals surface area contributed by atoms with Crippen molar-refractivity contribution < 1.29 is 38.5 Å². The number of ether oxygens (including phenoxy) is 2. The van der Waals surface area contributed by atoms with Crippen molar-refractivity contribution in [2.45, 2.75) is 75.9 Å². The number of halogens is 1. The Balaban J connectivity index is 1.31. The highest BCUT2D eigenvalue weighted by Gasteiger charge is 2.34. The molecule has 0 spiro atoms. The number of hydrogen-bond acceptors (Lipinski definition) is 5. The number of carboxylic acid groups (broad SMARTS) is 2. The molecule has 0 saturated heterocycles. The molecule has 3 aromatic rings. The first-order valence-electron chi connectivity index (χ1n) is 14.8. The molecule has 2 saturated carbocycles. The predicted octanol–water partition coefficient (Wildman–Crippen LogP) is 6.36. The van der Waals surface area contributed by atoms with Crippen LogP contribution in [0, 0.1) is 5.82 Å². The van der Waals surface area contributed by atoms with Crippen LogP contribution in [0.1, 0.15) is 78.8 Å². The normalized spacial score (nSPS) is 17.8. The zero-order valence-electron chi connectivity index (χ0n) is 23.9. The SMILES string of the molecule is O=C(O)CCCOc1cccc(C2CC(Oc3cc(C(=O)NC4CCC4)cc(-c4cccc(F)c4)c3)C2)c1CCC(=O)O. The Bertz CT molecular complexity index is 1480. The summed E-state index contributed by atoms with van der Waals surface area (Å²) in [6.45, 7) is 0.227. The molecule has 5 rings (SSSR count). The number of carbonyl (C=O) groups excluding carboxylic acids is 1. The molecule has 0 unspecified atom stereocenters. The van der Waals surface area contributed by atoms with Gasteiger partial charge in [0.05, 0.1) is 12.7 Å². The second kappa shape index (κ2) is 13.7. The minimum Gasteiger partial charge on any atom is -0.493 e. The van der Waals surface area contributed by atoms with Crippen molar-refractivity contribution in [3.05, 3.63) is 83.2 Å². The van der Waals surface area contributed by atoms with Crippen molar-refractivity contribution in [1.29, 1.82) is 0 Å². The fourth-order valence-corrected chi connectivity index (χ4v) is 5.57. The molecular weight excluding hydrogens is 553 g/mol. The fourth-order valence-electron chi connectivity index (χ4n) is 5.57. The van der Waals surface area contributed by atoms with Gasteiger partial charge in [-0.2, -0.15) is 0 Å². The Hall–Kier alpha value is -4.40. The van der Waals surface area contributed by atoms with E-state index in [0.29, 0.717) is 53.9 Å². The Morgan fingerprint density at radius 1 is 0.907 bits per heavy atom. The highest BCUT2D eigenvalue weighted by Crippen LogP contribution is 2.43. The average molecular weight is 590 g/mol. The van der Waals surface area contributed by atoms with Crippen LogP contribution in [-0.4, -0.2) is 46.8 Å². The maximum atomic E-state index is 14.0. The Morgan fingerprint density at radius 3 is 2.37 bits per heavy atom. The van der Waals surface area contributed by atoms with Crippen molar-refractivity contribution in [3.63, 3.8) is 0 Å². The second-order valence-electron chi connectivity index (χ2n) is 11.3. The lowest BCUT2D eigenvalue weighted by atomic mass is 9.75. The zero-order chi connectivity index (χ0) is 30.3. The van der Waals surface area contributed by atoms with Gasteiger partial charge in [-0.05, 0) is 110 Å². The molecule has 0 atom stereocenters. The van der Waals surface area contributed by atoms with Crippen LogP contribution in [0.3, 0.4) is 0 Å². The number of carboxylic acids is 2. The maximum Gasteiger partial charge on any atom is 0.303 e. The lowest BCUT2D eigenvalue weighted by Gasteiger charge is -2.37. The molecule has 3 N–H and O–H groups in total. The molecule has 0 radical (unpaired) electrons. The summed E-state index contributed by atoms with van der Waals surface area (Å²) in [5.74, 6) is -1.10. The molecule has 0 bridgehead atoms. The van der Waals surface area contributed by atoms with E-state index in [-0.39, 0.29) is 49.2 Å². The van der Waals surface area contributed by atoms with E-state index >= 15 is 0 Å². The van der Waals surface area contributed by atoms with Gasteiger partial charge in [0.1, 0.15) is 17.3 Å². The molecule has 0 heterocycles. The number of carbonyl (C=O) groups is 3. The third-order valence-electron chi connectivity index (χ3n) is 8.16. The van der Waals surface area contributed by atoms with Crippen LogP contribution in [-0.2, 0) is 16.0 Å². The van der Waals surface area contributed by atoms with E-state index in [0.717, 1.165) is 30.4 Å². The van der Waals surface area contributed by atoms with Crippen LogP contribution in [0.5, 0.6) is 11.5 Å². The Morgan fingerprint density at radius 2 is 1.67 bits per heavy atom. The molecule has 2 aliphatic rings. The van der Waals surface area contributed by atoms with E-state index in [9.17, 15) is 23.9 Å². The van der Waals surface area contributed by atoms with Gasteiger partial charge in [-0.3, -0.25) is 14.4 Å². The minimum atomic E-state index is -0.906. The number of hydrogen-bond donors (Lipinski definition) is 3. The van der Waals surface area contributed by atoms with Crippen LogP contribution in [0.2, 0.25) is 0 Å². The van der Waals surface area contributed by atoms with Crippen LogP contribution in [0.25, 0.3) is 11.1 Å². The summed E-state index contributed by atoms with van der Waals surface area (Å²) >= 11 is 0. The van der Waals surface area contributed by atoms with Crippen molar-refractivity contribution in [2.75, 3.05) is 6.61 Å². The highest BCUT2D eigenvalue weighted by molar-refractivity contribution is 5.96. The lowest BCUT2D eigenvalue weighted by molar-refractivity contribution is -0.138. The molecular formula is C34H36FNO7. The van der Waals surface area contributed by atoms with Crippen molar-refractivity contribution >= 4 is 17.8 Å². The lowest BCUT2D eigenvalue weighted by Crippen LogP contribution is -2.39. The van der Waals surface area contributed by atoms with Gasteiger partial charge in [-0.1, -0.05) is 24.3 Å². The summed E-state index contributed by atoms with van der Waals surface area (Å²) in [4.78, 5) is 35.3. The number of amides is 1. The summed E-state index contributed by atoms with van der Waals surface area (Å²) in [5.41, 5.74) is 3.63. The van der Waals surface area contributed by atoms with Crippen molar-refractivity contribution in [3.8, 4) is 22.6 Å². The third kappa shape index (κ3) is 7.91. The molecule has 0 aromatic heterocycles. The first-order chi connectivity index (χ1) is 20.7. The monoisotopic (exact) mass is 589 g/mol. The van der Waals surface area contributed by atoms with E-state index in [4.69, 9.17) is 14.6 Å². The third-order valence-corrected chi connectivity index (χ3v) is 8.16. The molecule has 1 amide bonds. The van der Waals surface area contributed by atoms with E-state index in [1.807, 2.05) is 18.2 Å². The number of nitrogens with one attached hydrogen (secondary N) is 1. The van der Waals surface area contributed by atoms with Gasteiger partial charge in [0, 0.05) is 24.4 Å². The van der Waals surface area contributed by atoms with E-state index in [1.54, 1.807) is 30.3 Å². The smallest absolute Gasteiger partial charge is 0.303 e. The number of aliphatic carboxylic acids is 2. The van der Waals surface area contributed by atoms with E-state index in [1.165, 1.54) is 12.1 Å². The molecule has 3 aromatic carbocycles. The first kappa shape index (κ1) is 30.1.